The van der Waals surface area contributed by atoms with Gasteiger partial charge in [-0.3, -0.25) is 4.48 Å². The van der Waals surface area contributed by atoms with Gasteiger partial charge in [-0.25, -0.2) is 0 Å². The van der Waals surface area contributed by atoms with Crippen molar-refractivity contribution >= 4 is 40.2 Å². The summed E-state index contributed by atoms with van der Waals surface area (Å²) in [6, 6.07) is 26.9. The van der Waals surface area contributed by atoms with Gasteiger partial charge in [0.2, 0.25) is 6.71 Å². The fourth-order valence-corrected chi connectivity index (χ4v) is 3.62. The Labute approximate surface area is 176 Å². The van der Waals surface area contributed by atoms with Gasteiger partial charge < -0.3 is 9.80 Å². The number of rotatable bonds is 6. The van der Waals surface area contributed by atoms with E-state index in [4.69, 9.17) is 0 Å². The predicted octanol–water partition coefficient (Wildman–Crippen LogP) is 2.53. The van der Waals surface area contributed by atoms with E-state index in [1.165, 1.54) is 33.5 Å². The van der Waals surface area contributed by atoms with Crippen molar-refractivity contribution in [3.63, 3.8) is 0 Å². The molecule has 0 saturated carbocycles. The van der Waals surface area contributed by atoms with Crippen molar-refractivity contribution < 1.29 is 0 Å². The van der Waals surface area contributed by atoms with Crippen LogP contribution in [0.15, 0.2) is 72.8 Å². The standard InChI is InChI=1S/C25H33BN3/c1-27(2)23-14-8-20(9-15-23)26(21-10-16-24(17-11-21)28(3)4)22-12-18-25(19-13-22)29(5,6)7/h8-19H,1-7H3/q+1. The van der Waals surface area contributed by atoms with Crippen LogP contribution >= 0.6 is 0 Å². The first kappa shape index (κ1) is 21.0. The Bertz CT molecular complexity index is 870. The Balaban J connectivity index is 2.06. The molecule has 0 heterocycles. The van der Waals surface area contributed by atoms with Crippen LogP contribution in [0.3, 0.4) is 0 Å². The van der Waals surface area contributed by atoms with Crippen molar-refractivity contribution in [2.75, 3.05) is 59.1 Å². The highest BCUT2D eigenvalue weighted by atomic mass is 15.3. The Kier molecular flexibility index (Phi) is 6.04. The molecule has 3 aromatic carbocycles. The summed E-state index contributed by atoms with van der Waals surface area (Å²) >= 11 is 0. The van der Waals surface area contributed by atoms with Crippen molar-refractivity contribution in [1.29, 1.82) is 0 Å². The van der Waals surface area contributed by atoms with E-state index in [0.717, 1.165) is 4.48 Å². The number of benzene rings is 3. The topological polar surface area (TPSA) is 6.48 Å². The Morgan fingerprint density at radius 1 is 0.517 bits per heavy atom. The van der Waals surface area contributed by atoms with Gasteiger partial charge in [-0.05, 0) is 36.4 Å². The molecule has 0 aliphatic rings. The van der Waals surface area contributed by atoms with Crippen LogP contribution in [-0.4, -0.2) is 56.0 Å². The van der Waals surface area contributed by atoms with Crippen molar-refractivity contribution in [2.24, 2.45) is 0 Å². The molecule has 0 N–H and O–H groups in total. The van der Waals surface area contributed by atoms with Crippen LogP contribution in [0.2, 0.25) is 0 Å². The largest absolute Gasteiger partial charge is 0.378 e. The van der Waals surface area contributed by atoms with Gasteiger partial charge in [0.15, 0.2) is 0 Å². The lowest BCUT2D eigenvalue weighted by molar-refractivity contribution is 0.486. The second kappa shape index (κ2) is 8.34. The van der Waals surface area contributed by atoms with Crippen LogP contribution in [0.5, 0.6) is 0 Å². The maximum Gasteiger partial charge on any atom is 0.241 e. The quantitative estimate of drug-likeness (QED) is 0.475. The molecule has 150 valence electrons. The van der Waals surface area contributed by atoms with Crippen molar-refractivity contribution in [2.45, 2.75) is 0 Å². The highest BCUT2D eigenvalue weighted by Crippen LogP contribution is 2.15. The van der Waals surface area contributed by atoms with Gasteiger partial charge in [-0.1, -0.05) is 52.8 Å². The molecule has 3 nitrogen and oxygen atoms in total. The normalized spacial score (nSPS) is 11.3. The smallest absolute Gasteiger partial charge is 0.241 e. The molecule has 0 spiro atoms. The number of hydrogen-bond acceptors (Lipinski definition) is 2. The van der Waals surface area contributed by atoms with E-state index in [2.05, 4.69) is 132 Å². The average Bonchev–Trinajstić information content (AvgIpc) is 2.69. The zero-order valence-electron chi connectivity index (χ0n) is 18.8. The van der Waals surface area contributed by atoms with Gasteiger partial charge in [-0.2, -0.15) is 0 Å². The molecule has 0 saturated heterocycles. The molecule has 0 bridgehead atoms. The van der Waals surface area contributed by atoms with Crippen molar-refractivity contribution in [1.82, 2.24) is 4.48 Å². The lowest BCUT2D eigenvalue weighted by Crippen LogP contribution is -2.52. The highest BCUT2D eigenvalue weighted by molar-refractivity contribution is 6.95. The number of nitrogens with zero attached hydrogens (tertiary/aromatic N) is 3. The Hall–Kier alpha value is -2.72. The summed E-state index contributed by atoms with van der Waals surface area (Å²) in [5, 5.41) is 0. The summed E-state index contributed by atoms with van der Waals surface area (Å²) in [6.07, 6.45) is 0. The summed E-state index contributed by atoms with van der Waals surface area (Å²) in [4.78, 5) is 4.28. The van der Waals surface area contributed by atoms with Gasteiger partial charge in [0.25, 0.3) is 0 Å². The third-order valence-corrected chi connectivity index (χ3v) is 5.49. The molecular weight excluding hydrogens is 353 g/mol. The first-order valence-electron chi connectivity index (χ1n) is 10.1. The second-order valence-corrected chi connectivity index (χ2v) is 9.01. The minimum atomic E-state index is 0.212. The molecule has 0 atom stereocenters. The van der Waals surface area contributed by atoms with E-state index in [1.54, 1.807) is 0 Å². The Morgan fingerprint density at radius 2 is 0.828 bits per heavy atom. The van der Waals surface area contributed by atoms with Gasteiger partial charge in [-0.15, -0.1) is 0 Å². The van der Waals surface area contributed by atoms with Crippen LogP contribution in [0.4, 0.5) is 17.1 Å². The molecule has 3 rings (SSSR count). The fraction of sp³-hybridized carbons (Fsp3) is 0.280. The highest BCUT2D eigenvalue weighted by Gasteiger charge is 2.23. The third-order valence-electron chi connectivity index (χ3n) is 5.49. The summed E-state index contributed by atoms with van der Waals surface area (Å²) in [5.41, 5.74) is 7.68. The molecule has 4 heteroatoms. The maximum atomic E-state index is 2.28. The maximum absolute atomic E-state index is 2.28. The molecular formula is C25H33BN3+. The third kappa shape index (κ3) is 4.83. The second-order valence-electron chi connectivity index (χ2n) is 9.01. The number of anilines is 2. The summed E-state index contributed by atoms with van der Waals surface area (Å²) in [6.45, 7) is 0.212. The molecule has 0 amide bonds. The Morgan fingerprint density at radius 3 is 1.10 bits per heavy atom. The van der Waals surface area contributed by atoms with Crippen LogP contribution in [0.1, 0.15) is 0 Å². The molecule has 0 unspecified atom stereocenters. The SMILES string of the molecule is CN(C)c1ccc(B(c2ccc(N(C)C)cc2)c2ccc([N+](C)(C)C)cc2)cc1. The van der Waals surface area contributed by atoms with Gasteiger partial charge >= 0.3 is 0 Å². The van der Waals surface area contributed by atoms with Gasteiger partial charge in [0, 0.05) is 39.6 Å². The monoisotopic (exact) mass is 386 g/mol. The lowest BCUT2D eigenvalue weighted by atomic mass is 9.37. The molecule has 29 heavy (non-hydrogen) atoms. The van der Waals surface area contributed by atoms with Crippen LogP contribution in [0, 0.1) is 0 Å². The zero-order chi connectivity index (χ0) is 21.2. The summed E-state index contributed by atoms with van der Waals surface area (Å²) in [7, 11) is 14.9. The molecule has 0 aromatic heterocycles. The van der Waals surface area contributed by atoms with Gasteiger partial charge in [0.1, 0.15) is 5.69 Å². The minimum Gasteiger partial charge on any atom is -0.378 e. The average molecular weight is 386 g/mol. The molecule has 0 radical (unpaired) electrons. The molecule has 0 fully saturated rings. The zero-order valence-corrected chi connectivity index (χ0v) is 18.8. The molecule has 0 aliphatic heterocycles. The van der Waals surface area contributed by atoms with Crippen molar-refractivity contribution in [3.05, 3.63) is 72.8 Å². The van der Waals surface area contributed by atoms with E-state index in [-0.39, 0.29) is 6.71 Å². The van der Waals surface area contributed by atoms with E-state index in [1.807, 2.05) is 0 Å². The number of hydrogen-bond donors (Lipinski definition) is 0. The van der Waals surface area contributed by atoms with Crippen molar-refractivity contribution in [3.8, 4) is 0 Å². The van der Waals surface area contributed by atoms with Crippen LogP contribution in [-0.2, 0) is 0 Å². The van der Waals surface area contributed by atoms with Crippen LogP contribution < -0.4 is 30.7 Å². The first-order chi connectivity index (χ1) is 13.7. The van der Waals surface area contributed by atoms with Crippen LogP contribution in [0.25, 0.3) is 0 Å². The predicted molar refractivity (Wildman–Crippen MR) is 132 cm³/mol. The summed E-state index contributed by atoms with van der Waals surface area (Å²) < 4.78 is 0.819. The van der Waals surface area contributed by atoms with E-state index in [0.29, 0.717) is 0 Å². The molecule has 0 aliphatic carbocycles. The van der Waals surface area contributed by atoms with E-state index >= 15 is 0 Å². The van der Waals surface area contributed by atoms with E-state index < -0.39 is 0 Å². The summed E-state index contributed by atoms with van der Waals surface area (Å²) in [5.74, 6) is 0. The first-order valence-corrected chi connectivity index (χ1v) is 10.1. The number of quaternary nitrogens is 1. The molecule has 3 aromatic rings. The fourth-order valence-electron chi connectivity index (χ4n) is 3.62. The minimum absolute atomic E-state index is 0.212. The lowest BCUT2D eigenvalue weighted by Gasteiger charge is -2.24. The van der Waals surface area contributed by atoms with Gasteiger partial charge in [0.05, 0.1) is 21.1 Å². The van der Waals surface area contributed by atoms with E-state index in [9.17, 15) is 0 Å².